The zero-order valence-corrected chi connectivity index (χ0v) is 17.1. The van der Waals surface area contributed by atoms with E-state index in [1.165, 1.54) is 42.7 Å². The topological polar surface area (TPSA) is 90.5 Å². The van der Waals surface area contributed by atoms with Crippen molar-refractivity contribution in [2.24, 2.45) is 0 Å². The Morgan fingerprint density at radius 3 is 2.21 bits per heavy atom. The van der Waals surface area contributed by atoms with Crippen molar-refractivity contribution in [1.82, 2.24) is 10.6 Å². The third kappa shape index (κ3) is 6.60. The second-order valence-electron chi connectivity index (χ2n) is 6.93. The summed E-state index contributed by atoms with van der Waals surface area (Å²) in [5.41, 5.74) is 1.86. The maximum Gasteiger partial charge on any atom is 0.261 e. The van der Waals surface area contributed by atoms with Gasteiger partial charge in [0.2, 0.25) is 11.8 Å². The fourth-order valence-electron chi connectivity index (χ4n) is 3.19. The summed E-state index contributed by atoms with van der Waals surface area (Å²) in [6, 6.07) is 11.2. The van der Waals surface area contributed by atoms with E-state index in [9.17, 15) is 14.4 Å². The summed E-state index contributed by atoms with van der Waals surface area (Å²) < 4.78 is 0. The Morgan fingerprint density at radius 2 is 1.55 bits per heavy atom. The van der Waals surface area contributed by atoms with Crippen molar-refractivity contribution in [1.29, 1.82) is 0 Å². The van der Waals surface area contributed by atoms with Crippen LogP contribution in [0.1, 0.15) is 35.4 Å². The maximum absolute atomic E-state index is 12.1. The van der Waals surface area contributed by atoms with Gasteiger partial charge in [-0.15, -0.1) is 11.3 Å². The molecule has 1 aliphatic heterocycles. The van der Waals surface area contributed by atoms with Gasteiger partial charge in [0.15, 0.2) is 0 Å². The van der Waals surface area contributed by atoms with E-state index in [2.05, 4.69) is 20.9 Å². The molecular formula is C21H26N4O3S. The summed E-state index contributed by atoms with van der Waals surface area (Å²) >= 11 is 1.30. The summed E-state index contributed by atoms with van der Waals surface area (Å²) in [5, 5.41) is 9.59. The molecule has 0 radical (unpaired) electrons. The number of hydrogen-bond acceptors (Lipinski definition) is 5. The first-order valence-electron chi connectivity index (χ1n) is 9.85. The molecule has 3 amide bonds. The lowest BCUT2D eigenvalue weighted by Gasteiger charge is -2.22. The number of nitrogens with zero attached hydrogens (tertiary/aromatic N) is 1. The van der Waals surface area contributed by atoms with Crippen LogP contribution in [0, 0.1) is 0 Å². The highest BCUT2D eigenvalue weighted by Gasteiger charge is 2.12. The number of thiophene rings is 1. The van der Waals surface area contributed by atoms with Gasteiger partial charge in [-0.25, -0.2) is 0 Å². The quantitative estimate of drug-likeness (QED) is 0.650. The van der Waals surface area contributed by atoms with E-state index in [1.54, 1.807) is 17.5 Å². The van der Waals surface area contributed by atoms with E-state index in [4.69, 9.17) is 0 Å². The van der Waals surface area contributed by atoms with Gasteiger partial charge in [0.05, 0.1) is 18.0 Å². The monoisotopic (exact) mass is 414 g/mol. The number of carbonyl (C=O) groups is 3. The van der Waals surface area contributed by atoms with Crippen LogP contribution in [0.15, 0.2) is 41.8 Å². The second kappa shape index (κ2) is 10.6. The van der Waals surface area contributed by atoms with Gasteiger partial charge < -0.3 is 20.9 Å². The molecule has 1 aromatic heterocycles. The Kier molecular flexibility index (Phi) is 7.63. The lowest BCUT2D eigenvalue weighted by molar-refractivity contribution is -0.123. The number of hydrogen-bond donors (Lipinski definition) is 3. The Bertz CT molecular complexity index is 813. The van der Waals surface area contributed by atoms with Crippen LogP contribution in [0.5, 0.6) is 0 Å². The Morgan fingerprint density at radius 1 is 0.862 bits per heavy atom. The van der Waals surface area contributed by atoms with Crippen LogP contribution >= 0.6 is 11.3 Å². The zero-order valence-electron chi connectivity index (χ0n) is 16.3. The standard InChI is InChI=1S/C21H26N4O3S/c26-19(14-23-21(28)18-6-5-13-29-18)22-15-20(27)24-16-7-9-17(10-8-16)25-11-3-1-2-4-12-25/h5-10,13H,1-4,11-12,14-15H2,(H,22,26)(H,23,28)(H,24,27). The molecule has 3 N–H and O–H groups in total. The fraction of sp³-hybridized carbons (Fsp3) is 0.381. The van der Waals surface area contributed by atoms with Gasteiger partial charge in [0.25, 0.3) is 5.91 Å². The van der Waals surface area contributed by atoms with Gasteiger partial charge in [-0.05, 0) is 48.6 Å². The van der Waals surface area contributed by atoms with Crippen molar-refractivity contribution in [3.8, 4) is 0 Å². The molecule has 2 heterocycles. The summed E-state index contributed by atoms with van der Waals surface area (Å²) in [6.45, 7) is 1.82. The van der Waals surface area contributed by atoms with E-state index in [-0.39, 0.29) is 24.9 Å². The van der Waals surface area contributed by atoms with Crippen LogP contribution in [-0.2, 0) is 9.59 Å². The molecule has 29 heavy (non-hydrogen) atoms. The predicted octanol–water partition coefficient (Wildman–Crippen LogP) is 2.61. The van der Waals surface area contributed by atoms with Crippen molar-refractivity contribution in [2.45, 2.75) is 25.7 Å². The molecule has 0 aliphatic carbocycles. The largest absolute Gasteiger partial charge is 0.372 e. The lowest BCUT2D eigenvalue weighted by atomic mass is 10.2. The van der Waals surface area contributed by atoms with Gasteiger partial charge in [-0.1, -0.05) is 18.9 Å². The highest BCUT2D eigenvalue weighted by molar-refractivity contribution is 7.12. The fourth-order valence-corrected chi connectivity index (χ4v) is 3.83. The zero-order chi connectivity index (χ0) is 20.5. The van der Waals surface area contributed by atoms with Crippen molar-refractivity contribution < 1.29 is 14.4 Å². The van der Waals surface area contributed by atoms with Crippen molar-refractivity contribution >= 4 is 40.4 Å². The van der Waals surface area contributed by atoms with Gasteiger partial charge in [0, 0.05) is 24.5 Å². The number of anilines is 2. The minimum atomic E-state index is -0.415. The average Bonchev–Trinajstić information content (AvgIpc) is 3.14. The smallest absolute Gasteiger partial charge is 0.261 e. The van der Waals surface area contributed by atoms with E-state index in [1.807, 2.05) is 24.3 Å². The van der Waals surface area contributed by atoms with Crippen LogP contribution in [0.3, 0.4) is 0 Å². The Balaban J connectivity index is 1.38. The number of nitrogens with one attached hydrogen (secondary N) is 3. The molecule has 7 nitrogen and oxygen atoms in total. The minimum absolute atomic E-state index is 0.151. The SMILES string of the molecule is O=C(CNC(=O)c1cccs1)NCC(=O)Nc1ccc(N2CCCCCC2)cc1. The van der Waals surface area contributed by atoms with Crippen molar-refractivity contribution in [2.75, 3.05) is 36.4 Å². The number of benzene rings is 1. The molecule has 0 atom stereocenters. The summed E-state index contributed by atoms with van der Waals surface area (Å²) in [6.07, 6.45) is 5.00. The molecule has 1 aromatic carbocycles. The van der Waals surface area contributed by atoms with Gasteiger partial charge in [0.1, 0.15) is 0 Å². The maximum atomic E-state index is 12.1. The molecule has 1 aliphatic rings. The lowest BCUT2D eigenvalue weighted by Crippen LogP contribution is -2.40. The minimum Gasteiger partial charge on any atom is -0.372 e. The van der Waals surface area contributed by atoms with Crippen molar-refractivity contribution in [3.05, 3.63) is 46.7 Å². The number of rotatable bonds is 7. The molecule has 2 aromatic rings. The Labute approximate surface area is 174 Å². The average molecular weight is 415 g/mol. The summed E-state index contributed by atoms with van der Waals surface area (Å²) in [4.78, 5) is 38.6. The molecule has 3 rings (SSSR count). The van der Waals surface area contributed by atoms with Gasteiger partial charge in [-0.2, -0.15) is 0 Å². The molecule has 154 valence electrons. The van der Waals surface area contributed by atoms with E-state index in [0.717, 1.165) is 13.1 Å². The van der Waals surface area contributed by atoms with Crippen LogP contribution in [0.2, 0.25) is 0 Å². The van der Waals surface area contributed by atoms with E-state index in [0.29, 0.717) is 10.6 Å². The summed E-state index contributed by atoms with van der Waals surface area (Å²) in [5.74, 6) is -1.03. The van der Waals surface area contributed by atoms with E-state index < -0.39 is 5.91 Å². The normalized spacial score (nSPS) is 14.0. The highest BCUT2D eigenvalue weighted by Crippen LogP contribution is 2.21. The first kappa shape index (κ1) is 20.9. The third-order valence-electron chi connectivity index (χ3n) is 4.72. The van der Waals surface area contributed by atoms with Gasteiger partial charge in [-0.3, -0.25) is 14.4 Å². The van der Waals surface area contributed by atoms with Crippen LogP contribution < -0.4 is 20.9 Å². The molecule has 1 fully saturated rings. The molecule has 0 spiro atoms. The predicted molar refractivity (Wildman–Crippen MR) is 115 cm³/mol. The number of carbonyl (C=O) groups excluding carboxylic acids is 3. The molecule has 1 saturated heterocycles. The molecule has 0 saturated carbocycles. The van der Waals surface area contributed by atoms with Crippen molar-refractivity contribution in [3.63, 3.8) is 0 Å². The molecule has 0 unspecified atom stereocenters. The van der Waals surface area contributed by atoms with E-state index >= 15 is 0 Å². The highest BCUT2D eigenvalue weighted by atomic mass is 32.1. The first-order valence-corrected chi connectivity index (χ1v) is 10.7. The number of amides is 3. The summed E-state index contributed by atoms with van der Waals surface area (Å²) in [7, 11) is 0. The van der Waals surface area contributed by atoms with Crippen LogP contribution in [0.25, 0.3) is 0 Å². The second-order valence-corrected chi connectivity index (χ2v) is 7.88. The molecular weight excluding hydrogens is 388 g/mol. The van der Waals surface area contributed by atoms with Crippen LogP contribution in [-0.4, -0.2) is 43.9 Å². The molecule has 8 heteroatoms. The molecule has 0 bridgehead atoms. The van der Waals surface area contributed by atoms with Crippen LogP contribution in [0.4, 0.5) is 11.4 Å². The Hall–Kier alpha value is -2.87. The third-order valence-corrected chi connectivity index (χ3v) is 5.59. The first-order chi connectivity index (χ1) is 14.1. The van der Waals surface area contributed by atoms with Gasteiger partial charge >= 0.3 is 0 Å².